The lowest BCUT2D eigenvalue weighted by atomic mass is 10.0. The lowest BCUT2D eigenvalue weighted by molar-refractivity contribution is -0.136. The molecule has 0 bridgehead atoms. The van der Waals surface area contributed by atoms with E-state index < -0.39 is 12.2 Å². The van der Waals surface area contributed by atoms with E-state index in [1.807, 2.05) is 36.5 Å². The van der Waals surface area contributed by atoms with Crippen LogP contribution in [0.25, 0.3) is 27.7 Å². The normalized spacial score (nSPS) is 13.4. The van der Waals surface area contributed by atoms with E-state index >= 15 is 0 Å². The van der Waals surface area contributed by atoms with Gasteiger partial charge >= 0.3 is 6.18 Å². The average Bonchev–Trinajstić information content (AvgIpc) is 3.22. The van der Waals surface area contributed by atoms with Crippen molar-refractivity contribution < 1.29 is 13.2 Å². The first kappa shape index (κ1) is 21.0. The Kier molecular flexibility index (Phi) is 5.76. The summed E-state index contributed by atoms with van der Waals surface area (Å²) >= 11 is 6.18. The molecule has 0 fully saturated rings. The van der Waals surface area contributed by atoms with Crippen LogP contribution in [-0.2, 0) is 0 Å². The second-order valence-electron chi connectivity index (χ2n) is 7.11. The van der Waals surface area contributed by atoms with E-state index in [9.17, 15) is 13.2 Å². The Balaban J connectivity index is 1.68. The van der Waals surface area contributed by atoms with Gasteiger partial charge in [-0.15, -0.1) is 0 Å². The maximum Gasteiger partial charge on any atom is 0.407 e. The Bertz CT molecular complexity index is 1230. The zero-order valence-electron chi connectivity index (χ0n) is 16.2. The third kappa shape index (κ3) is 4.76. The number of rotatable bonds is 5. The Hall–Kier alpha value is -3.22. The molecule has 3 nitrogen and oxygen atoms in total. The topological polar surface area (TPSA) is 53.8 Å². The number of para-hydroxylation sites is 1. The molecule has 0 saturated carbocycles. The first-order chi connectivity index (χ1) is 14.8. The standard InChI is InChI=1S/C24H19ClF3N3/c25-19-3-1-2-4-21(19)31-22(14-23(29)24(26,27)28)16-7-5-15(6-8-16)17-9-10-20-18(13-17)11-12-30-20/h1-14,23,30-31H,29H2/b22-14-. The van der Waals surface area contributed by atoms with Crippen molar-refractivity contribution in [3.8, 4) is 11.1 Å². The molecule has 0 saturated heterocycles. The van der Waals surface area contributed by atoms with Crippen LogP contribution in [0.5, 0.6) is 0 Å². The number of aromatic amines is 1. The van der Waals surface area contributed by atoms with Crippen molar-refractivity contribution in [2.75, 3.05) is 5.32 Å². The predicted octanol–water partition coefficient (Wildman–Crippen LogP) is 6.83. The summed E-state index contributed by atoms with van der Waals surface area (Å²) in [5, 5.41) is 4.47. The number of halogens is 4. The van der Waals surface area contributed by atoms with E-state index in [0.29, 0.717) is 16.3 Å². The fourth-order valence-electron chi connectivity index (χ4n) is 3.27. The summed E-state index contributed by atoms with van der Waals surface area (Å²) in [6.45, 7) is 0. The average molecular weight is 442 g/mol. The fourth-order valence-corrected chi connectivity index (χ4v) is 3.45. The van der Waals surface area contributed by atoms with Gasteiger partial charge in [-0.3, -0.25) is 0 Å². The summed E-state index contributed by atoms with van der Waals surface area (Å²) in [4.78, 5) is 3.15. The summed E-state index contributed by atoms with van der Waals surface area (Å²) < 4.78 is 39.3. The second kappa shape index (κ2) is 8.49. The maximum absolute atomic E-state index is 13.1. The highest BCUT2D eigenvalue weighted by Gasteiger charge is 2.35. The summed E-state index contributed by atoms with van der Waals surface area (Å²) in [6, 6.07) is 20.0. The molecular weight excluding hydrogens is 423 g/mol. The molecule has 3 aromatic carbocycles. The molecule has 1 aromatic heterocycles. The predicted molar refractivity (Wildman–Crippen MR) is 121 cm³/mol. The summed E-state index contributed by atoms with van der Waals surface area (Å²) in [5.41, 5.74) is 9.64. The van der Waals surface area contributed by atoms with Crippen molar-refractivity contribution >= 4 is 33.9 Å². The van der Waals surface area contributed by atoms with Crippen molar-refractivity contribution in [2.24, 2.45) is 5.73 Å². The van der Waals surface area contributed by atoms with Crippen LogP contribution in [0.3, 0.4) is 0 Å². The molecule has 4 N–H and O–H groups in total. The molecule has 0 amide bonds. The molecule has 4 aromatic rings. The number of hydrogen-bond donors (Lipinski definition) is 3. The monoisotopic (exact) mass is 441 g/mol. The quantitative estimate of drug-likeness (QED) is 0.318. The highest BCUT2D eigenvalue weighted by molar-refractivity contribution is 6.33. The van der Waals surface area contributed by atoms with Crippen LogP contribution in [0.2, 0.25) is 5.02 Å². The Labute approximate surface area is 182 Å². The molecule has 1 atom stereocenters. The van der Waals surface area contributed by atoms with Crippen LogP contribution in [0, 0.1) is 0 Å². The van der Waals surface area contributed by atoms with E-state index in [4.69, 9.17) is 17.3 Å². The number of anilines is 1. The van der Waals surface area contributed by atoms with Gasteiger partial charge in [0.15, 0.2) is 0 Å². The van der Waals surface area contributed by atoms with E-state index in [0.717, 1.165) is 28.1 Å². The molecular formula is C24H19ClF3N3. The van der Waals surface area contributed by atoms with Gasteiger partial charge in [-0.1, -0.05) is 54.1 Å². The van der Waals surface area contributed by atoms with Gasteiger partial charge in [-0.2, -0.15) is 13.2 Å². The molecule has 0 aliphatic carbocycles. The summed E-state index contributed by atoms with van der Waals surface area (Å²) in [6.07, 6.45) is -1.72. The number of hydrogen-bond acceptors (Lipinski definition) is 2. The minimum Gasteiger partial charge on any atom is -0.361 e. The van der Waals surface area contributed by atoms with Gasteiger partial charge in [0.2, 0.25) is 0 Å². The van der Waals surface area contributed by atoms with Gasteiger partial charge in [0.25, 0.3) is 0 Å². The zero-order chi connectivity index (χ0) is 22.0. The van der Waals surface area contributed by atoms with E-state index in [1.54, 1.807) is 36.4 Å². The largest absolute Gasteiger partial charge is 0.407 e. The van der Waals surface area contributed by atoms with Crippen LogP contribution >= 0.6 is 11.6 Å². The maximum atomic E-state index is 13.1. The van der Waals surface area contributed by atoms with Crippen LogP contribution in [0.4, 0.5) is 18.9 Å². The molecule has 0 radical (unpaired) electrons. The lowest BCUT2D eigenvalue weighted by Crippen LogP contribution is -2.35. The molecule has 7 heteroatoms. The number of H-pyrrole nitrogens is 1. The molecule has 31 heavy (non-hydrogen) atoms. The van der Waals surface area contributed by atoms with Crippen molar-refractivity contribution in [3.63, 3.8) is 0 Å². The number of fused-ring (bicyclic) bond motifs is 1. The fraction of sp³-hybridized carbons (Fsp3) is 0.0833. The Morgan fingerprint density at radius 2 is 1.68 bits per heavy atom. The number of nitrogens with two attached hydrogens (primary N) is 1. The van der Waals surface area contributed by atoms with Crippen LogP contribution < -0.4 is 11.1 Å². The van der Waals surface area contributed by atoms with Crippen molar-refractivity contribution in [1.82, 2.24) is 4.98 Å². The molecule has 1 heterocycles. The number of nitrogens with one attached hydrogen (secondary N) is 2. The van der Waals surface area contributed by atoms with E-state index in [1.165, 1.54) is 0 Å². The van der Waals surface area contributed by atoms with Gasteiger partial charge in [-0.25, -0.2) is 0 Å². The highest BCUT2D eigenvalue weighted by Crippen LogP contribution is 2.30. The number of benzene rings is 3. The van der Waals surface area contributed by atoms with Crippen LogP contribution in [-0.4, -0.2) is 17.2 Å². The van der Waals surface area contributed by atoms with E-state index in [-0.39, 0.29) is 5.70 Å². The molecule has 0 spiro atoms. The van der Waals surface area contributed by atoms with Crippen molar-refractivity contribution in [2.45, 2.75) is 12.2 Å². The van der Waals surface area contributed by atoms with Gasteiger partial charge < -0.3 is 16.0 Å². The Morgan fingerprint density at radius 3 is 2.39 bits per heavy atom. The minimum atomic E-state index is -4.56. The Morgan fingerprint density at radius 1 is 0.968 bits per heavy atom. The SMILES string of the molecule is NC(/C=C(\Nc1ccccc1Cl)c1ccc(-c2ccc3[nH]ccc3c2)cc1)C(F)(F)F. The van der Waals surface area contributed by atoms with Crippen LogP contribution in [0.1, 0.15) is 5.56 Å². The number of aromatic nitrogens is 1. The lowest BCUT2D eigenvalue weighted by Gasteiger charge is -2.17. The third-order valence-corrected chi connectivity index (χ3v) is 5.28. The zero-order valence-corrected chi connectivity index (χ0v) is 17.0. The van der Waals surface area contributed by atoms with Crippen molar-refractivity contribution in [3.05, 3.63) is 95.7 Å². The van der Waals surface area contributed by atoms with E-state index in [2.05, 4.69) is 16.4 Å². The molecule has 0 aliphatic rings. The van der Waals surface area contributed by atoms with Crippen LogP contribution in [0.15, 0.2) is 85.1 Å². The first-order valence-corrected chi connectivity index (χ1v) is 9.93. The highest BCUT2D eigenvalue weighted by atomic mass is 35.5. The number of alkyl halides is 3. The molecule has 0 aliphatic heterocycles. The molecule has 158 valence electrons. The first-order valence-electron chi connectivity index (χ1n) is 9.55. The van der Waals surface area contributed by atoms with Gasteiger partial charge in [0.05, 0.1) is 10.7 Å². The third-order valence-electron chi connectivity index (χ3n) is 4.95. The molecule has 4 rings (SSSR count). The molecule has 1 unspecified atom stereocenters. The van der Waals surface area contributed by atoms with Gasteiger partial charge in [0.1, 0.15) is 6.04 Å². The second-order valence-corrected chi connectivity index (χ2v) is 7.52. The van der Waals surface area contributed by atoms with Gasteiger partial charge in [0, 0.05) is 17.4 Å². The van der Waals surface area contributed by atoms with Crippen molar-refractivity contribution in [1.29, 1.82) is 0 Å². The summed E-state index contributed by atoms with van der Waals surface area (Å²) in [5.74, 6) is 0. The summed E-state index contributed by atoms with van der Waals surface area (Å²) in [7, 11) is 0. The smallest absolute Gasteiger partial charge is 0.361 e. The minimum absolute atomic E-state index is 0.227. The van der Waals surface area contributed by atoms with Gasteiger partial charge in [-0.05, 0) is 58.5 Å².